The summed E-state index contributed by atoms with van der Waals surface area (Å²) in [6.07, 6.45) is 0. The zero-order valence-corrected chi connectivity index (χ0v) is 13.0. The lowest BCUT2D eigenvalue weighted by molar-refractivity contribution is -0.384. The standard InChI is InChI=1S/C15H15BrN2O3/c1-10(17)14-8-12(16)4-7-15(14)21-9-11-2-5-13(6-3-11)18(19)20/h2-8,10H,9,17H2,1H3. The molecule has 110 valence electrons. The van der Waals surface area contributed by atoms with E-state index in [1.54, 1.807) is 12.1 Å². The van der Waals surface area contributed by atoms with E-state index >= 15 is 0 Å². The predicted molar refractivity (Wildman–Crippen MR) is 84.2 cm³/mol. The molecule has 1 atom stereocenters. The van der Waals surface area contributed by atoms with Gasteiger partial charge in [-0.05, 0) is 42.8 Å². The van der Waals surface area contributed by atoms with Gasteiger partial charge in [-0.3, -0.25) is 10.1 Å². The predicted octanol–water partition coefficient (Wildman–Crippen LogP) is 3.96. The first-order valence-corrected chi connectivity index (χ1v) is 7.18. The maximum atomic E-state index is 10.6. The van der Waals surface area contributed by atoms with E-state index in [-0.39, 0.29) is 11.7 Å². The molecule has 0 heterocycles. The number of non-ortho nitro benzene ring substituents is 1. The number of ether oxygens (including phenoxy) is 1. The van der Waals surface area contributed by atoms with Crippen molar-refractivity contribution >= 4 is 21.6 Å². The molecule has 5 nitrogen and oxygen atoms in total. The summed E-state index contributed by atoms with van der Waals surface area (Å²) in [6, 6.07) is 11.8. The number of nitro benzene ring substituents is 1. The van der Waals surface area contributed by atoms with Gasteiger partial charge in [0, 0.05) is 28.2 Å². The SMILES string of the molecule is CC(N)c1cc(Br)ccc1OCc1ccc([N+](=O)[O-])cc1. The van der Waals surface area contributed by atoms with E-state index in [0.717, 1.165) is 15.6 Å². The van der Waals surface area contributed by atoms with Crippen LogP contribution in [0.3, 0.4) is 0 Å². The van der Waals surface area contributed by atoms with Crippen LogP contribution in [0.4, 0.5) is 5.69 Å². The molecule has 0 bridgehead atoms. The third-order valence-electron chi connectivity index (χ3n) is 3.00. The molecular weight excluding hydrogens is 336 g/mol. The Morgan fingerprint density at radius 1 is 1.29 bits per heavy atom. The molecule has 0 aliphatic heterocycles. The van der Waals surface area contributed by atoms with Gasteiger partial charge in [0.15, 0.2) is 0 Å². The quantitative estimate of drug-likeness (QED) is 0.653. The van der Waals surface area contributed by atoms with Gasteiger partial charge in [0.2, 0.25) is 0 Å². The minimum atomic E-state index is -0.423. The van der Waals surface area contributed by atoms with Crippen molar-refractivity contribution in [3.8, 4) is 5.75 Å². The molecule has 0 aliphatic rings. The number of rotatable bonds is 5. The monoisotopic (exact) mass is 350 g/mol. The average Bonchev–Trinajstić information content (AvgIpc) is 2.46. The summed E-state index contributed by atoms with van der Waals surface area (Å²) in [5, 5.41) is 10.6. The summed E-state index contributed by atoms with van der Waals surface area (Å²) < 4.78 is 6.71. The van der Waals surface area contributed by atoms with Gasteiger partial charge in [0.1, 0.15) is 12.4 Å². The Balaban J connectivity index is 2.11. The Bertz CT molecular complexity index is 642. The topological polar surface area (TPSA) is 78.4 Å². The molecule has 0 saturated carbocycles. The zero-order valence-electron chi connectivity index (χ0n) is 11.5. The highest BCUT2D eigenvalue weighted by atomic mass is 79.9. The Morgan fingerprint density at radius 2 is 1.95 bits per heavy atom. The van der Waals surface area contributed by atoms with E-state index in [1.165, 1.54) is 12.1 Å². The van der Waals surface area contributed by atoms with Crippen molar-refractivity contribution in [2.45, 2.75) is 19.6 Å². The van der Waals surface area contributed by atoms with Crippen molar-refractivity contribution in [1.29, 1.82) is 0 Å². The molecule has 0 aliphatic carbocycles. The molecule has 2 aromatic carbocycles. The van der Waals surface area contributed by atoms with Crippen LogP contribution in [0, 0.1) is 10.1 Å². The lowest BCUT2D eigenvalue weighted by Crippen LogP contribution is -2.08. The van der Waals surface area contributed by atoms with Crippen molar-refractivity contribution in [2.24, 2.45) is 5.73 Å². The molecule has 0 fully saturated rings. The van der Waals surface area contributed by atoms with Gasteiger partial charge >= 0.3 is 0 Å². The molecule has 2 aromatic rings. The van der Waals surface area contributed by atoms with Crippen LogP contribution in [-0.4, -0.2) is 4.92 Å². The number of hydrogen-bond acceptors (Lipinski definition) is 4. The number of benzene rings is 2. The van der Waals surface area contributed by atoms with Crippen LogP contribution in [-0.2, 0) is 6.61 Å². The second-order valence-electron chi connectivity index (χ2n) is 4.68. The van der Waals surface area contributed by atoms with Crippen LogP contribution in [0.5, 0.6) is 5.75 Å². The van der Waals surface area contributed by atoms with Gasteiger partial charge in [0.05, 0.1) is 4.92 Å². The Hall–Kier alpha value is -1.92. The summed E-state index contributed by atoms with van der Waals surface area (Å²) in [6.45, 7) is 2.22. The summed E-state index contributed by atoms with van der Waals surface area (Å²) in [5.74, 6) is 0.714. The first-order valence-electron chi connectivity index (χ1n) is 6.38. The van der Waals surface area contributed by atoms with E-state index < -0.39 is 4.92 Å². The number of nitrogens with zero attached hydrogens (tertiary/aromatic N) is 1. The van der Waals surface area contributed by atoms with E-state index in [1.807, 2.05) is 25.1 Å². The van der Waals surface area contributed by atoms with Crippen LogP contribution in [0.15, 0.2) is 46.9 Å². The van der Waals surface area contributed by atoms with Gasteiger partial charge in [-0.1, -0.05) is 15.9 Å². The van der Waals surface area contributed by atoms with Gasteiger partial charge in [-0.2, -0.15) is 0 Å². The molecule has 0 spiro atoms. The summed E-state index contributed by atoms with van der Waals surface area (Å²) in [7, 11) is 0. The Kier molecular flexibility index (Phi) is 4.93. The third kappa shape index (κ3) is 4.03. The highest BCUT2D eigenvalue weighted by Crippen LogP contribution is 2.28. The molecule has 0 radical (unpaired) electrons. The number of nitrogens with two attached hydrogens (primary N) is 1. The molecule has 6 heteroatoms. The minimum absolute atomic E-state index is 0.0682. The smallest absolute Gasteiger partial charge is 0.269 e. The second-order valence-corrected chi connectivity index (χ2v) is 5.60. The molecular formula is C15H15BrN2O3. The van der Waals surface area contributed by atoms with Crippen LogP contribution in [0.2, 0.25) is 0 Å². The van der Waals surface area contributed by atoms with Gasteiger partial charge in [-0.25, -0.2) is 0 Å². The van der Waals surface area contributed by atoms with Gasteiger partial charge < -0.3 is 10.5 Å². The van der Waals surface area contributed by atoms with Crippen molar-refractivity contribution in [2.75, 3.05) is 0 Å². The molecule has 0 saturated heterocycles. The second kappa shape index (κ2) is 6.69. The normalized spacial score (nSPS) is 12.0. The lowest BCUT2D eigenvalue weighted by Gasteiger charge is -2.14. The molecule has 0 amide bonds. The van der Waals surface area contributed by atoms with Crippen molar-refractivity contribution in [3.05, 3.63) is 68.2 Å². The van der Waals surface area contributed by atoms with Crippen molar-refractivity contribution in [1.82, 2.24) is 0 Å². The summed E-state index contributed by atoms with van der Waals surface area (Å²) in [4.78, 5) is 10.2. The maximum absolute atomic E-state index is 10.6. The van der Waals surface area contributed by atoms with E-state index in [2.05, 4.69) is 15.9 Å². The van der Waals surface area contributed by atoms with Crippen molar-refractivity contribution < 1.29 is 9.66 Å². The van der Waals surface area contributed by atoms with Gasteiger partial charge in [-0.15, -0.1) is 0 Å². The van der Waals surface area contributed by atoms with Crippen molar-refractivity contribution in [3.63, 3.8) is 0 Å². The third-order valence-corrected chi connectivity index (χ3v) is 3.50. The molecule has 0 aromatic heterocycles. The fourth-order valence-electron chi connectivity index (χ4n) is 1.88. The number of nitro groups is 1. The lowest BCUT2D eigenvalue weighted by atomic mass is 10.1. The first kappa shape index (κ1) is 15.5. The maximum Gasteiger partial charge on any atom is 0.269 e. The molecule has 21 heavy (non-hydrogen) atoms. The summed E-state index contributed by atoms with van der Waals surface area (Å²) in [5.41, 5.74) is 7.77. The average molecular weight is 351 g/mol. The minimum Gasteiger partial charge on any atom is -0.489 e. The van der Waals surface area contributed by atoms with Crippen LogP contribution >= 0.6 is 15.9 Å². The molecule has 2 N–H and O–H groups in total. The Labute approximate surface area is 131 Å². The molecule has 2 rings (SSSR count). The fourth-order valence-corrected chi connectivity index (χ4v) is 2.26. The van der Waals surface area contributed by atoms with Gasteiger partial charge in [0.25, 0.3) is 5.69 Å². The largest absolute Gasteiger partial charge is 0.489 e. The highest BCUT2D eigenvalue weighted by Gasteiger charge is 2.10. The number of hydrogen-bond donors (Lipinski definition) is 1. The summed E-state index contributed by atoms with van der Waals surface area (Å²) >= 11 is 3.41. The van der Waals surface area contributed by atoms with E-state index in [0.29, 0.717) is 12.4 Å². The molecule has 1 unspecified atom stereocenters. The highest BCUT2D eigenvalue weighted by molar-refractivity contribution is 9.10. The first-order chi connectivity index (χ1) is 9.97. The van der Waals surface area contributed by atoms with Crippen LogP contribution in [0.25, 0.3) is 0 Å². The van der Waals surface area contributed by atoms with E-state index in [9.17, 15) is 10.1 Å². The zero-order chi connectivity index (χ0) is 15.4. The fraction of sp³-hybridized carbons (Fsp3) is 0.200. The number of halogens is 1. The van der Waals surface area contributed by atoms with Crippen LogP contribution in [0.1, 0.15) is 24.1 Å². The van der Waals surface area contributed by atoms with Crippen LogP contribution < -0.4 is 10.5 Å². The Morgan fingerprint density at radius 3 is 2.52 bits per heavy atom. The van der Waals surface area contributed by atoms with E-state index in [4.69, 9.17) is 10.5 Å².